The Bertz CT molecular complexity index is 616. The summed E-state index contributed by atoms with van der Waals surface area (Å²) in [7, 11) is 0. The molecule has 0 bridgehead atoms. The summed E-state index contributed by atoms with van der Waals surface area (Å²) in [4.78, 5) is 1.09. The van der Waals surface area contributed by atoms with E-state index in [1.54, 1.807) is 0 Å². The van der Waals surface area contributed by atoms with Crippen LogP contribution < -0.4 is 4.52 Å². The van der Waals surface area contributed by atoms with Gasteiger partial charge in [-0.25, -0.2) is 0 Å². The smallest absolute Gasteiger partial charge is 0.245 e. The molecule has 3 rings (SSSR count). The molecule has 0 N–H and O–H groups in total. The van der Waals surface area contributed by atoms with Crippen molar-refractivity contribution in [2.45, 2.75) is 4.34 Å². The minimum Gasteiger partial charge on any atom is -0.402 e. The van der Waals surface area contributed by atoms with Crippen LogP contribution >= 0.6 is 11.3 Å². The molecule has 4 heteroatoms. The molecule has 0 atom stereocenters. The highest BCUT2D eigenvalue weighted by Gasteiger charge is 2.08. The van der Waals surface area contributed by atoms with Gasteiger partial charge in [-0.2, -0.15) is 0 Å². The number of fused-ring (bicyclic) bond motifs is 3. The summed E-state index contributed by atoms with van der Waals surface area (Å²) in [6.45, 7) is 0. The molecule has 14 heavy (non-hydrogen) atoms. The van der Waals surface area contributed by atoms with Gasteiger partial charge in [0, 0.05) is 21.9 Å². The zero-order valence-corrected chi connectivity index (χ0v) is 8.81. The molecule has 0 amide bonds. The molecule has 2 nitrogen and oxygen atoms in total. The van der Waals surface area contributed by atoms with E-state index in [0.29, 0.717) is 4.34 Å². The number of para-hydroxylation sites is 1. The molecular formula is C10H6N2S2. The maximum absolute atomic E-state index is 5.06. The van der Waals surface area contributed by atoms with Crippen LogP contribution in [-0.4, -0.2) is 5.10 Å². The Balaban J connectivity index is 2.60. The number of nitrogens with zero attached hydrogens (tertiary/aromatic N) is 2. The normalized spacial score (nSPS) is 11.1. The topological polar surface area (TPSA) is 17.0 Å². The lowest BCUT2D eigenvalue weighted by Crippen LogP contribution is -2.23. The molecule has 2 heterocycles. The largest absolute Gasteiger partial charge is 0.402 e. The molecule has 0 saturated heterocycles. The second-order valence-electron chi connectivity index (χ2n) is 3.01. The fourth-order valence-electron chi connectivity index (χ4n) is 1.54. The van der Waals surface area contributed by atoms with Gasteiger partial charge in [0.05, 0.1) is 0 Å². The van der Waals surface area contributed by atoms with Crippen LogP contribution in [0.2, 0.25) is 0 Å². The monoisotopic (exact) mass is 218 g/mol. The van der Waals surface area contributed by atoms with Gasteiger partial charge in [0.2, 0.25) is 10.3 Å². The maximum atomic E-state index is 5.06. The lowest BCUT2D eigenvalue weighted by atomic mass is 10.2. The van der Waals surface area contributed by atoms with Crippen LogP contribution in [0.15, 0.2) is 40.7 Å². The fraction of sp³-hybridized carbons (Fsp3) is 0. The molecule has 0 aliphatic heterocycles. The van der Waals surface area contributed by atoms with E-state index < -0.39 is 0 Å². The summed E-state index contributed by atoms with van der Waals surface area (Å²) in [5.41, 5.74) is 1.11. The second kappa shape index (κ2) is 2.87. The summed E-state index contributed by atoms with van der Waals surface area (Å²) in [5.74, 6) is 0. The van der Waals surface area contributed by atoms with Crippen molar-refractivity contribution in [1.29, 1.82) is 0 Å². The highest BCUT2D eigenvalue weighted by atomic mass is 32.2. The molecule has 0 saturated carbocycles. The third-order valence-corrected chi connectivity index (χ3v) is 3.26. The molecular weight excluding hydrogens is 212 g/mol. The Morgan fingerprint density at radius 2 is 2.00 bits per heavy atom. The van der Waals surface area contributed by atoms with Gasteiger partial charge in [-0.15, -0.1) is 0 Å². The Kier molecular flexibility index (Phi) is 1.65. The summed E-state index contributed by atoms with van der Waals surface area (Å²) in [6, 6.07) is 12.3. The average molecular weight is 218 g/mol. The zero-order chi connectivity index (χ0) is 9.54. The predicted molar refractivity (Wildman–Crippen MR) is 58.4 cm³/mol. The van der Waals surface area contributed by atoms with Gasteiger partial charge in [0.1, 0.15) is 0 Å². The number of hydrogen-bond donors (Lipinski definition) is 0. The summed E-state index contributed by atoms with van der Waals surface area (Å²) in [5, 5.41) is 5.48. The van der Waals surface area contributed by atoms with Crippen LogP contribution in [0.3, 0.4) is 0 Å². The minimum atomic E-state index is 0.682. The van der Waals surface area contributed by atoms with E-state index in [2.05, 4.69) is 29.4 Å². The summed E-state index contributed by atoms with van der Waals surface area (Å²) < 4.78 is 2.59. The molecule has 1 aromatic carbocycles. The molecule has 3 aromatic rings. The van der Waals surface area contributed by atoms with Gasteiger partial charge in [-0.3, -0.25) is 11.3 Å². The number of aromatic nitrogens is 2. The molecule has 0 fully saturated rings. The van der Waals surface area contributed by atoms with Crippen molar-refractivity contribution in [2.24, 2.45) is 0 Å². The standard InChI is InChI=1S/C10H6N2S2/c13-10-11-12-8-4-2-1-3-7(8)5-6-9(12)14-10/h1-6H. The molecule has 0 unspecified atom stereocenters. The van der Waals surface area contributed by atoms with Crippen LogP contribution in [0.25, 0.3) is 15.7 Å². The van der Waals surface area contributed by atoms with Crippen molar-refractivity contribution in [3.63, 3.8) is 0 Å². The zero-order valence-electron chi connectivity index (χ0n) is 7.18. The summed E-state index contributed by atoms with van der Waals surface area (Å²) >= 11 is 6.60. The maximum Gasteiger partial charge on any atom is 0.245 e. The number of hydrogen-bond acceptors (Lipinski definition) is 3. The number of benzene rings is 1. The van der Waals surface area contributed by atoms with Crippen molar-refractivity contribution in [3.05, 3.63) is 36.4 Å². The number of pyridine rings is 1. The van der Waals surface area contributed by atoms with Crippen LogP contribution in [0, 0.1) is 0 Å². The number of rotatable bonds is 0. The van der Waals surface area contributed by atoms with E-state index in [1.807, 2.05) is 16.6 Å². The van der Waals surface area contributed by atoms with Crippen molar-refractivity contribution < 1.29 is 4.52 Å². The summed E-state index contributed by atoms with van der Waals surface area (Å²) in [6.07, 6.45) is 0. The van der Waals surface area contributed by atoms with E-state index >= 15 is 0 Å². The first-order valence-corrected chi connectivity index (χ1v) is 5.45. The Hall–Kier alpha value is -1.26. The van der Waals surface area contributed by atoms with Gasteiger partial charge in [0.25, 0.3) is 0 Å². The fourth-order valence-corrected chi connectivity index (χ4v) is 2.54. The van der Waals surface area contributed by atoms with E-state index in [0.717, 1.165) is 10.3 Å². The third-order valence-electron chi connectivity index (χ3n) is 2.15. The van der Waals surface area contributed by atoms with Gasteiger partial charge in [-0.05, 0) is 17.2 Å². The first-order valence-electron chi connectivity index (χ1n) is 4.22. The lowest BCUT2D eigenvalue weighted by Gasteiger charge is -1.90. The first kappa shape index (κ1) is 8.08. The van der Waals surface area contributed by atoms with Gasteiger partial charge in [0.15, 0.2) is 0 Å². The predicted octanol–water partition coefficient (Wildman–Crippen LogP) is 1.94. The van der Waals surface area contributed by atoms with Crippen molar-refractivity contribution in [3.8, 4) is 0 Å². The molecule has 0 aliphatic carbocycles. The third kappa shape index (κ3) is 1.08. The van der Waals surface area contributed by atoms with Gasteiger partial charge < -0.3 is 12.6 Å². The van der Waals surface area contributed by atoms with Crippen molar-refractivity contribution >= 4 is 39.7 Å². The first-order chi connectivity index (χ1) is 6.84. The molecule has 68 valence electrons. The van der Waals surface area contributed by atoms with Crippen LogP contribution in [-0.2, 0) is 12.6 Å². The van der Waals surface area contributed by atoms with Gasteiger partial charge in [-0.1, -0.05) is 16.6 Å². The van der Waals surface area contributed by atoms with Gasteiger partial charge >= 0.3 is 0 Å². The van der Waals surface area contributed by atoms with E-state index in [-0.39, 0.29) is 0 Å². The Morgan fingerprint density at radius 3 is 2.93 bits per heavy atom. The Morgan fingerprint density at radius 1 is 1.14 bits per heavy atom. The highest BCUT2D eigenvalue weighted by Crippen LogP contribution is 2.15. The Labute approximate surface area is 90.2 Å². The molecule has 0 aliphatic rings. The van der Waals surface area contributed by atoms with Crippen molar-refractivity contribution in [1.82, 2.24) is 5.10 Å². The average Bonchev–Trinajstić information content (AvgIpc) is 2.59. The van der Waals surface area contributed by atoms with E-state index in [1.165, 1.54) is 16.7 Å². The van der Waals surface area contributed by atoms with Crippen LogP contribution in [0.5, 0.6) is 0 Å². The second-order valence-corrected chi connectivity index (χ2v) is 4.66. The van der Waals surface area contributed by atoms with Crippen LogP contribution in [0.4, 0.5) is 0 Å². The molecule has 2 aromatic heterocycles. The lowest BCUT2D eigenvalue weighted by molar-refractivity contribution is -0.551. The quantitative estimate of drug-likeness (QED) is 0.424. The van der Waals surface area contributed by atoms with E-state index in [4.69, 9.17) is 12.6 Å². The van der Waals surface area contributed by atoms with Crippen LogP contribution in [0.1, 0.15) is 0 Å². The highest BCUT2D eigenvalue weighted by molar-refractivity contribution is 7.62. The van der Waals surface area contributed by atoms with E-state index in [9.17, 15) is 0 Å². The minimum absolute atomic E-state index is 0.682. The van der Waals surface area contributed by atoms with Crippen molar-refractivity contribution in [2.75, 3.05) is 0 Å². The SMILES string of the molecule is [S-]c1n[n+]2c(ccc3ccccc32)s1. The molecule has 0 radical (unpaired) electrons. The molecule has 0 spiro atoms.